The van der Waals surface area contributed by atoms with E-state index in [1.165, 1.54) is 0 Å². The SMILES string of the molecule is C[NH+](C)CCOC(=O)/C=C(\Oc1ccc(Cl)cc1)C(=O)OCC[NH+](C)C. The van der Waals surface area contributed by atoms with Gasteiger partial charge in [0.15, 0.2) is 0 Å². The van der Waals surface area contributed by atoms with Crippen molar-refractivity contribution in [1.29, 1.82) is 0 Å². The largest absolute Gasteiger partial charge is 0.456 e. The smallest absolute Gasteiger partial charge is 0.374 e. The third kappa shape index (κ3) is 9.41. The second-order valence-electron chi connectivity index (χ2n) is 6.28. The number of hydrogen-bond acceptors (Lipinski definition) is 5. The first-order valence-corrected chi connectivity index (χ1v) is 8.72. The molecule has 1 rings (SSSR count). The molecule has 0 aromatic heterocycles. The summed E-state index contributed by atoms with van der Waals surface area (Å²) in [7, 11) is 7.78. The highest BCUT2D eigenvalue weighted by Gasteiger charge is 2.17. The van der Waals surface area contributed by atoms with E-state index in [1.54, 1.807) is 24.3 Å². The van der Waals surface area contributed by atoms with E-state index in [1.807, 2.05) is 28.2 Å². The van der Waals surface area contributed by atoms with Crippen LogP contribution in [0.2, 0.25) is 5.02 Å². The van der Waals surface area contributed by atoms with Crippen LogP contribution in [0, 0.1) is 0 Å². The Balaban J connectivity index is 2.78. The second kappa shape index (κ2) is 11.5. The Morgan fingerprint density at radius 3 is 2.04 bits per heavy atom. The van der Waals surface area contributed by atoms with Crippen LogP contribution in [-0.2, 0) is 19.1 Å². The Morgan fingerprint density at radius 1 is 0.962 bits per heavy atom. The molecular formula is C18H27ClN2O5+2. The van der Waals surface area contributed by atoms with Crippen molar-refractivity contribution < 1.29 is 33.6 Å². The van der Waals surface area contributed by atoms with E-state index in [0.717, 1.165) is 15.9 Å². The highest BCUT2D eigenvalue weighted by molar-refractivity contribution is 6.30. The van der Waals surface area contributed by atoms with Crippen LogP contribution in [0.5, 0.6) is 5.75 Å². The monoisotopic (exact) mass is 386 g/mol. The van der Waals surface area contributed by atoms with Gasteiger partial charge in [-0.3, -0.25) is 0 Å². The maximum absolute atomic E-state index is 12.3. The van der Waals surface area contributed by atoms with Crippen LogP contribution in [-0.4, -0.2) is 66.4 Å². The minimum atomic E-state index is -0.726. The summed E-state index contributed by atoms with van der Waals surface area (Å²) < 4.78 is 15.7. The summed E-state index contributed by atoms with van der Waals surface area (Å²) >= 11 is 5.84. The van der Waals surface area contributed by atoms with Gasteiger partial charge in [0.25, 0.3) is 0 Å². The third-order valence-electron chi connectivity index (χ3n) is 3.17. The number of rotatable bonds is 10. The first kappa shape index (κ1) is 22.0. The van der Waals surface area contributed by atoms with Gasteiger partial charge in [-0.2, -0.15) is 0 Å². The minimum absolute atomic E-state index is 0.210. The molecule has 0 saturated heterocycles. The molecule has 0 radical (unpaired) electrons. The van der Waals surface area contributed by atoms with Crippen LogP contribution in [0.15, 0.2) is 36.1 Å². The molecule has 0 bridgehead atoms. The highest BCUT2D eigenvalue weighted by Crippen LogP contribution is 2.18. The number of halogens is 1. The van der Waals surface area contributed by atoms with Crippen molar-refractivity contribution in [3.05, 3.63) is 41.1 Å². The van der Waals surface area contributed by atoms with Gasteiger partial charge in [-0.05, 0) is 24.3 Å². The molecule has 0 amide bonds. The molecular weight excluding hydrogens is 360 g/mol. The van der Waals surface area contributed by atoms with Crippen molar-refractivity contribution in [3.8, 4) is 5.75 Å². The molecule has 0 saturated carbocycles. The van der Waals surface area contributed by atoms with E-state index in [0.29, 0.717) is 23.9 Å². The van der Waals surface area contributed by atoms with Gasteiger partial charge in [0, 0.05) is 5.02 Å². The lowest BCUT2D eigenvalue weighted by Gasteiger charge is -2.12. The summed E-state index contributed by atoms with van der Waals surface area (Å²) in [6.45, 7) is 1.74. The number of hydrogen-bond donors (Lipinski definition) is 2. The number of quaternary nitrogens is 2. The first-order chi connectivity index (χ1) is 12.3. The van der Waals surface area contributed by atoms with E-state index in [2.05, 4.69) is 0 Å². The summed E-state index contributed by atoms with van der Waals surface area (Å²) in [5.41, 5.74) is 0. The lowest BCUT2D eigenvalue weighted by molar-refractivity contribution is -0.858. The summed E-state index contributed by atoms with van der Waals surface area (Å²) in [6, 6.07) is 6.42. The molecule has 144 valence electrons. The fourth-order valence-electron chi connectivity index (χ4n) is 1.68. The summed E-state index contributed by atoms with van der Waals surface area (Å²) in [5, 5.41) is 0.532. The van der Waals surface area contributed by atoms with Crippen LogP contribution in [0.4, 0.5) is 0 Å². The summed E-state index contributed by atoms with van der Waals surface area (Å²) in [5.74, 6) is -1.26. The molecule has 0 unspecified atom stereocenters. The Labute approximate surface area is 159 Å². The second-order valence-corrected chi connectivity index (χ2v) is 6.72. The van der Waals surface area contributed by atoms with Gasteiger partial charge in [-0.1, -0.05) is 11.6 Å². The lowest BCUT2D eigenvalue weighted by atomic mass is 10.3. The van der Waals surface area contributed by atoms with Gasteiger partial charge in [-0.15, -0.1) is 0 Å². The predicted octanol–water partition coefficient (Wildman–Crippen LogP) is -1.02. The van der Waals surface area contributed by atoms with Gasteiger partial charge < -0.3 is 24.0 Å². The van der Waals surface area contributed by atoms with Gasteiger partial charge >= 0.3 is 11.9 Å². The third-order valence-corrected chi connectivity index (χ3v) is 3.43. The zero-order valence-corrected chi connectivity index (χ0v) is 16.4. The molecule has 7 nitrogen and oxygen atoms in total. The maximum Gasteiger partial charge on any atom is 0.374 e. The van der Waals surface area contributed by atoms with Gasteiger partial charge in [-0.25, -0.2) is 9.59 Å². The van der Waals surface area contributed by atoms with E-state index < -0.39 is 11.9 Å². The van der Waals surface area contributed by atoms with Crippen LogP contribution in [0.1, 0.15) is 0 Å². The minimum Gasteiger partial charge on any atom is -0.456 e. The van der Waals surface area contributed by atoms with Crippen molar-refractivity contribution >= 4 is 23.5 Å². The number of ether oxygens (including phenoxy) is 3. The summed E-state index contributed by atoms with van der Waals surface area (Å²) in [6.07, 6.45) is 1.00. The van der Waals surface area contributed by atoms with Gasteiger partial charge in [0.2, 0.25) is 5.76 Å². The Hall–Kier alpha value is -2.09. The highest BCUT2D eigenvalue weighted by atomic mass is 35.5. The van der Waals surface area contributed by atoms with Crippen LogP contribution in [0.25, 0.3) is 0 Å². The van der Waals surface area contributed by atoms with Crippen LogP contribution >= 0.6 is 11.6 Å². The number of likely N-dealkylation sites (N-methyl/N-ethyl adjacent to an activating group) is 2. The molecule has 0 aliphatic carbocycles. The molecule has 0 fully saturated rings. The average Bonchev–Trinajstić information content (AvgIpc) is 2.55. The Kier molecular flexibility index (Phi) is 9.72. The normalized spacial score (nSPS) is 11.6. The fourth-order valence-corrected chi connectivity index (χ4v) is 1.81. The standard InChI is InChI=1S/C18H25ClN2O5/c1-20(2)9-11-24-17(22)13-16(18(23)25-12-10-21(3)4)26-15-7-5-14(19)6-8-15/h5-8,13H,9-12H2,1-4H3/p+2/b16-13-. The first-order valence-electron chi connectivity index (χ1n) is 8.35. The zero-order chi connectivity index (χ0) is 19.5. The number of nitrogens with one attached hydrogen (secondary N) is 2. The molecule has 1 aromatic rings. The van der Waals surface area contributed by atoms with Crippen molar-refractivity contribution in [1.82, 2.24) is 0 Å². The zero-order valence-electron chi connectivity index (χ0n) is 15.6. The summed E-state index contributed by atoms with van der Waals surface area (Å²) in [4.78, 5) is 26.5. The van der Waals surface area contributed by atoms with E-state index in [4.69, 9.17) is 25.8 Å². The van der Waals surface area contributed by atoms with E-state index in [-0.39, 0.29) is 19.0 Å². The number of esters is 2. The average molecular weight is 387 g/mol. The van der Waals surface area contributed by atoms with Crippen LogP contribution < -0.4 is 14.5 Å². The van der Waals surface area contributed by atoms with Crippen LogP contribution in [0.3, 0.4) is 0 Å². The van der Waals surface area contributed by atoms with Crippen molar-refractivity contribution in [2.75, 3.05) is 54.5 Å². The molecule has 2 N–H and O–H groups in total. The number of carbonyl (C=O) groups is 2. The van der Waals surface area contributed by atoms with E-state index in [9.17, 15) is 9.59 Å². The van der Waals surface area contributed by atoms with Gasteiger partial charge in [0.1, 0.15) is 32.1 Å². The topological polar surface area (TPSA) is 70.7 Å². The molecule has 0 atom stereocenters. The molecule has 0 aliphatic heterocycles. The molecule has 26 heavy (non-hydrogen) atoms. The van der Waals surface area contributed by atoms with E-state index >= 15 is 0 Å². The predicted molar refractivity (Wildman–Crippen MR) is 97.4 cm³/mol. The number of carbonyl (C=O) groups excluding carboxylic acids is 2. The van der Waals surface area contributed by atoms with Crippen molar-refractivity contribution in [3.63, 3.8) is 0 Å². The maximum atomic E-state index is 12.3. The fraction of sp³-hybridized carbons (Fsp3) is 0.444. The lowest BCUT2D eigenvalue weighted by Crippen LogP contribution is -3.06. The molecule has 0 heterocycles. The van der Waals surface area contributed by atoms with Gasteiger partial charge in [0.05, 0.1) is 34.3 Å². The Bertz CT molecular complexity index is 615. The molecule has 1 aromatic carbocycles. The van der Waals surface area contributed by atoms with Crippen molar-refractivity contribution in [2.24, 2.45) is 0 Å². The number of benzene rings is 1. The molecule has 8 heteroatoms. The molecule has 0 aliphatic rings. The quantitative estimate of drug-likeness (QED) is 0.306. The Morgan fingerprint density at radius 2 is 1.50 bits per heavy atom. The molecule has 0 spiro atoms. The van der Waals surface area contributed by atoms with Crippen molar-refractivity contribution in [2.45, 2.75) is 0 Å².